The van der Waals surface area contributed by atoms with Crippen molar-refractivity contribution in [2.75, 3.05) is 13.7 Å². The fourth-order valence-corrected chi connectivity index (χ4v) is 3.16. The number of amides is 1. The maximum atomic E-state index is 12.8. The van der Waals surface area contributed by atoms with Gasteiger partial charge in [0.2, 0.25) is 5.88 Å². The van der Waals surface area contributed by atoms with E-state index in [-0.39, 0.29) is 23.9 Å². The van der Waals surface area contributed by atoms with E-state index in [9.17, 15) is 9.59 Å². The summed E-state index contributed by atoms with van der Waals surface area (Å²) in [5, 5.41) is 4.12. The molecule has 0 bridgehead atoms. The molecule has 0 fully saturated rings. The Morgan fingerprint density at radius 3 is 2.96 bits per heavy atom. The number of carbonyl (C=O) groups excluding carboxylic acids is 1. The van der Waals surface area contributed by atoms with Crippen LogP contribution in [0.25, 0.3) is 5.65 Å². The van der Waals surface area contributed by atoms with E-state index in [4.69, 9.17) is 4.74 Å². The number of pyridine rings is 1. The van der Waals surface area contributed by atoms with Crippen LogP contribution in [0.15, 0.2) is 35.4 Å². The van der Waals surface area contributed by atoms with E-state index in [1.165, 1.54) is 16.2 Å². The molecule has 3 aromatic heterocycles. The van der Waals surface area contributed by atoms with Crippen LogP contribution in [0, 0.1) is 0 Å². The second-order valence-electron chi connectivity index (χ2n) is 5.97. The van der Waals surface area contributed by atoms with E-state index < -0.39 is 0 Å². The summed E-state index contributed by atoms with van der Waals surface area (Å²) < 4.78 is 8.22. The predicted molar refractivity (Wildman–Crippen MR) is 89.7 cm³/mol. The van der Waals surface area contributed by atoms with Gasteiger partial charge in [-0.15, -0.1) is 5.10 Å². The lowest BCUT2D eigenvalue weighted by atomic mass is 10.1. The van der Waals surface area contributed by atoms with E-state index in [1.54, 1.807) is 36.5 Å². The third-order valence-corrected chi connectivity index (χ3v) is 4.39. The number of aryl methyl sites for hydroxylation is 1. The monoisotopic (exact) mass is 339 g/mol. The first-order valence-corrected chi connectivity index (χ1v) is 7.94. The Morgan fingerprint density at radius 2 is 2.16 bits per heavy atom. The number of carbonyl (C=O) groups is 1. The highest BCUT2D eigenvalue weighted by Gasteiger charge is 2.28. The Kier molecular flexibility index (Phi) is 3.52. The standard InChI is InChI=1S/C17H17N5O3/c1-20-9-12(15(19-20)25-2)16(23)21-8-6-13-11(10-21)17(24)22-7-4-3-5-14(22)18-13/h3-5,7,9H,6,8,10H2,1-2H3. The SMILES string of the molecule is COc1nn(C)cc1C(=O)N1CCc2nc3ccccn3c(=O)c2C1. The van der Waals surface area contributed by atoms with Crippen LogP contribution in [0.4, 0.5) is 0 Å². The molecule has 0 saturated carbocycles. The minimum absolute atomic E-state index is 0.128. The smallest absolute Gasteiger partial charge is 0.263 e. The molecule has 0 aliphatic carbocycles. The van der Waals surface area contributed by atoms with Crippen molar-refractivity contribution in [1.29, 1.82) is 0 Å². The van der Waals surface area contributed by atoms with Crippen LogP contribution in [0.2, 0.25) is 0 Å². The molecule has 25 heavy (non-hydrogen) atoms. The number of ether oxygens (including phenoxy) is 1. The minimum Gasteiger partial charge on any atom is -0.479 e. The van der Waals surface area contributed by atoms with Gasteiger partial charge < -0.3 is 9.64 Å². The second-order valence-corrected chi connectivity index (χ2v) is 5.97. The van der Waals surface area contributed by atoms with Gasteiger partial charge >= 0.3 is 0 Å². The molecule has 1 amide bonds. The van der Waals surface area contributed by atoms with Crippen molar-refractivity contribution in [3.63, 3.8) is 0 Å². The van der Waals surface area contributed by atoms with Crippen molar-refractivity contribution in [2.24, 2.45) is 7.05 Å². The Bertz CT molecular complexity index is 1040. The molecule has 0 atom stereocenters. The maximum Gasteiger partial charge on any atom is 0.263 e. The highest BCUT2D eigenvalue weighted by molar-refractivity contribution is 5.96. The van der Waals surface area contributed by atoms with Gasteiger partial charge in [0, 0.05) is 32.4 Å². The summed E-state index contributed by atoms with van der Waals surface area (Å²) in [5.74, 6) is 0.0832. The number of fused-ring (bicyclic) bond motifs is 2. The van der Waals surface area contributed by atoms with E-state index in [0.717, 1.165) is 5.69 Å². The molecule has 0 unspecified atom stereocenters. The van der Waals surface area contributed by atoms with Gasteiger partial charge in [-0.05, 0) is 12.1 Å². The second kappa shape index (κ2) is 5.73. The summed E-state index contributed by atoms with van der Waals surface area (Å²) >= 11 is 0. The van der Waals surface area contributed by atoms with Crippen LogP contribution >= 0.6 is 0 Å². The zero-order valence-electron chi connectivity index (χ0n) is 14.0. The van der Waals surface area contributed by atoms with E-state index in [0.29, 0.717) is 29.7 Å². The van der Waals surface area contributed by atoms with E-state index >= 15 is 0 Å². The molecule has 8 heteroatoms. The molecule has 8 nitrogen and oxygen atoms in total. The van der Waals surface area contributed by atoms with E-state index in [1.807, 2.05) is 6.07 Å². The lowest BCUT2D eigenvalue weighted by Crippen LogP contribution is -2.40. The number of hydrogen-bond acceptors (Lipinski definition) is 5. The lowest BCUT2D eigenvalue weighted by molar-refractivity contribution is 0.0729. The van der Waals surface area contributed by atoms with Crippen molar-refractivity contribution in [2.45, 2.75) is 13.0 Å². The molecule has 3 aromatic rings. The Morgan fingerprint density at radius 1 is 1.32 bits per heavy atom. The Labute approximate surface area is 143 Å². The number of nitrogens with zero attached hydrogens (tertiary/aromatic N) is 5. The molecule has 0 N–H and O–H groups in total. The lowest BCUT2D eigenvalue weighted by Gasteiger charge is -2.27. The molecule has 4 rings (SSSR count). The van der Waals surface area contributed by atoms with Crippen LogP contribution in [0.5, 0.6) is 5.88 Å². The van der Waals surface area contributed by atoms with Gasteiger partial charge in [0.1, 0.15) is 11.2 Å². The van der Waals surface area contributed by atoms with Crippen molar-refractivity contribution in [3.8, 4) is 5.88 Å². The van der Waals surface area contributed by atoms with Crippen LogP contribution < -0.4 is 10.3 Å². The van der Waals surface area contributed by atoms with Crippen LogP contribution in [-0.4, -0.2) is 43.6 Å². The average Bonchev–Trinajstić information content (AvgIpc) is 3.02. The fraction of sp³-hybridized carbons (Fsp3) is 0.294. The summed E-state index contributed by atoms with van der Waals surface area (Å²) in [5.41, 5.74) is 2.21. The molecular weight excluding hydrogens is 322 g/mol. The quantitative estimate of drug-likeness (QED) is 0.684. The van der Waals surface area contributed by atoms with Gasteiger partial charge in [-0.1, -0.05) is 6.07 Å². The van der Waals surface area contributed by atoms with Crippen LogP contribution in [0.3, 0.4) is 0 Å². The number of methoxy groups -OCH3 is 1. The van der Waals surface area contributed by atoms with Crippen LogP contribution in [0.1, 0.15) is 21.6 Å². The first kappa shape index (κ1) is 15.4. The molecule has 0 spiro atoms. The third kappa shape index (κ3) is 2.46. The van der Waals surface area contributed by atoms with Gasteiger partial charge in [-0.25, -0.2) is 4.98 Å². The highest BCUT2D eigenvalue weighted by atomic mass is 16.5. The minimum atomic E-state index is -0.201. The third-order valence-electron chi connectivity index (χ3n) is 4.39. The summed E-state index contributed by atoms with van der Waals surface area (Å²) in [7, 11) is 3.21. The Balaban J connectivity index is 1.72. The molecular formula is C17H17N5O3. The van der Waals surface area contributed by atoms with Gasteiger partial charge in [0.15, 0.2) is 0 Å². The molecule has 0 saturated heterocycles. The van der Waals surface area contributed by atoms with Crippen LogP contribution in [-0.2, 0) is 20.0 Å². The van der Waals surface area contributed by atoms with Crippen molar-refractivity contribution in [3.05, 3.63) is 57.8 Å². The molecule has 128 valence electrons. The summed E-state index contributed by atoms with van der Waals surface area (Å²) in [6, 6.07) is 5.44. The predicted octanol–water partition coefficient (Wildman–Crippen LogP) is 0.635. The number of aromatic nitrogens is 4. The van der Waals surface area contributed by atoms with Gasteiger partial charge in [-0.2, -0.15) is 0 Å². The first-order valence-electron chi connectivity index (χ1n) is 7.94. The van der Waals surface area contributed by atoms with E-state index in [2.05, 4.69) is 10.1 Å². The summed E-state index contributed by atoms with van der Waals surface area (Å²) in [6.45, 7) is 0.731. The zero-order valence-corrected chi connectivity index (χ0v) is 14.0. The fourth-order valence-electron chi connectivity index (χ4n) is 3.16. The van der Waals surface area contributed by atoms with Gasteiger partial charge in [0.25, 0.3) is 11.5 Å². The molecule has 1 aliphatic rings. The number of rotatable bonds is 2. The van der Waals surface area contributed by atoms with Crippen molar-refractivity contribution >= 4 is 11.6 Å². The summed E-state index contributed by atoms with van der Waals surface area (Å²) in [6.07, 6.45) is 3.86. The summed E-state index contributed by atoms with van der Waals surface area (Å²) in [4.78, 5) is 31.8. The maximum absolute atomic E-state index is 12.8. The normalized spacial score (nSPS) is 13.8. The average molecular weight is 339 g/mol. The number of hydrogen-bond donors (Lipinski definition) is 0. The molecule has 0 radical (unpaired) electrons. The van der Waals surface area contributed by atoms with Crippen molar-refractivity contribution < 1.29 is 9.53 Å². The van der Waals surface area contributed by atoms with Gasteiger partial charge in [-0.3, -0.25) is 18.7 Å². The highest BCUT2D eigenvalue weighted by Crippen LogP contribution is 2.21. The molecule has 4 heterocycles. The Hall–Kier alpha value is -3.16. The molecule has 1 aliphatic heterocycles. The van der Waals surface area contributed by atoms with Crippen molar-refractivity contribution in [1.82, 2.24) is 24.1 Å². The molecule has 0 aromatic carbocycles. The largest absolute Gasteiger partial charge is 0.479 e. The topological polar surface area (TPSA) is 81.7 Å². The zero-order chi connectivity index (χ0) is 17.6. The first-order chi connectivity index (χ1) is 12.1. The van der Waals surface area contributed by atoms with Gasteiger partial charge in [0.05, 0.1) is 24.9 Å².